The summed E-state index contributed by atoms with van der Waals surface area (Å²) in [6.07, 6.45) is 26.3. The van der Waals surface area contributed by atoms with Gasteiger partial charge >= 0.3 is 0 Å². The molecule has 0 amide bonds. The van der Waals surface area contributed by atoms with E-state index in [1.807, 2.05) is 0 Å². The molecule has 0 aromatic heterocycles. The highest BCUT2D eigenvalue weighted by molar-refractivity contribution is 4.96. The first-order chi connectivity index (χ1) is 12.3. The van der Waals surface area contributed by atoms with Crippen LogP contribution in [0, 0.1) is 0 Å². The van der Waals surface area contributed by atoms with Crippen LogP contribution in [0.3, 0.4) is 0 Å². The molecule has 1 aliphatic rings. The minimum atomic E-state index is 0.644. The van der Waals surface area contributed by atoms with E-state index in [0.29, 0.717) is 6.17 Å². The standard InChI is InChI=1S/C23H46N2/c1-4-7-9-10-11-12-13-14-15-16-18-23-24(19-6-3)21-22-25(23)20-17-8-5-2/h21-23H,4-20H2,1-3H3. The van der Waals surface area contributed by atoms with E-state index in [1.165, 1.54) is 109 Å². The maximum absolute atomic E-state index is 2.61. The third-order valence-corrected chi connectivity index (χ3v) is 5.53. The lowest BCUT2D eigenvalue weighted by atomic mass is 10.0. The zero-order valence-electron chi connectivity index (χ0n) is 17.6. The fraction of sp³-hybridized carbons (Fsp3) is 0.913. The van der Waals surface area contributed by atoms with Gasteiger partial charge in [0, 0.05) is 25.5 Å². The Labute approximate surface area is 159 Å². The van der Waals surface area contributed by atoms with E-state index < -0.39 is 0 Å². The molecule has 0 radical (unpaired) electrons. The first-order valence-corrected chi connectivity index (χ1v) is 11.5. The van der Waals surface area contributed by atoms with E-state index in [2.05, 4.69) is 43.0 Å². The Morgan fingerprint density at radius 1 is 0.520 bits per heavy atom. The molecular formula is C23H46N2. The normalized spacial score (nSPS) is 17.0. The van der Waals surface area contributed by atoms with Gasteiger partial charge in [-0.3, -0.25) is 0 Å². The van der Waals surface area contributed by atoms with Gasteiger partial charge in [-0.1, -0.05) is 91.4 Å². The second-order valence-electron chi connectivity index (χ2n) is 7.93. The highest BCUT2D eigenvalue weighted by atomic mass is 15.4. The molecule has 0 aromatic rings. The molecule has 1 rings (SSSR count). The van der Waals surface area contributed by atoms with Crippen LogP contribution in [-0.4, -0.2) is 29.1 Å². The van der Waals surface area contributed by atoms with Crippen LogP contribution in [0.4, 0.5) is 0 Å². The van der Waals surface area contributed by atoms with Gasteiger partial charge in [-0.05, 0) is 25.7 Å². The van der Waals surface area contributed by atoms with E-state index in [4.69, 9.17) is 0 Å². The third kappa shape index (κ3) is 10.2. The van der Waals surface area contributed by atoms with Gasteiger partial charge in [-0.25, -0.2) is 0 Å². The molecule has 0 saturated carbocycles. The molecule has 1 unspecified atom stereocenters. The number of hydrogen-bond acceptors (Lipinski definition) is 2. The highest BCUT2D eigenvalue weighted by Gasteiger charge is 2.24. The van der Waals surface area contributed by atoms with Crippen molar-refractivity contribution in [2.45, 2.75) is 123 Å². The summed E-state index contributed by atoms with van der Waals surface area (Å²) in [5.74, 6) is 0. The zero-order chi connectivity index (χ0) is 18.2. The molecule has 1 aliphatic heterocycles. The van der Waals surface area contributed by atoms with Crippen LogP contribution in [0.1, 0.15) is 117 Å². The first-order valence-electron chi connectivity index (χ1n) is 11.5. The summed E-state index contributed by atoms with van der Waals surface area (Å²) in [5, 5.41) is 0. The predicted octanol–water partition coefficient (Wildman–Crippen LogP) is 7.31. The summed E-state index contributed by atoms with van der Waals surface area (Å²) in [6, 6.07) is 0. The zero-order valence-corrected chi connectivity index (χ0v) is 17.6. The molecule has 2 nitrogen and oxygen atoms in total. The number of nitrogens with zero attached hydrogens (tertiary/aromatic N) is 2. The average molecular weight is 351 g/mol. The molecule has 0 aromatic carbocycles. The summed E-state index contributed by atoms with van der Waals surface area (Å²) in [4.78, 5) is 5.19. The number of rotatable bonds is 17. The van der Waals surface area contributed by atoms with Crippen LogP contribution in [0.15, 0.2) is 12.4 Å². The molecule has 0 bridgehead atoms. The molecule has 0 fully saturated rings. The number of hydrogen-bond donors (Lipinski definition) is 0. The van der Waals surface area contributed by atoms with Crippen molar-refractivity contribution in [3.05, 3.63) is 12.4 Å². The molecular weight excluding hydrogens is 304 g/mol. The quantitative estimate of drug-likeness (QED) is 0.254. The van der Waals surface area contributed by atoms with E-state index in [9.17, 15) is 0 Å². The van der Waals surface area contributed by atoms with Crippen LogP contribution in [0.25, 0.3) is 0 Å². The Morgan fingerprint density at radius 3 is 1.56 bits per heavy atom. The van der Waals surface area contributed by atoms with Gasteiger partial charge in [-0.15, -0.1) is 0 Å². The Balaban J connectivity index is 2.12. The van der Waals surface area contributed by atoms with Crippen molar-refractivity contribution in [1.29, 1.82) is 0 Å². The van der Waals surface area contributed by atoms with Crippen LogP contribution in [0.2, 0.25) is 0 Å². The summed E-state index contributed by atoms with van der Waals surface area (Å²) in [7, 11) is 0. The molecule has 0 N–H and O–H groups in total. The van der Waals surface area contributed by atoms with Gasteiger partial charge in [0.25, 0.3) is 0 Å². The molecule has 0 aliphatic carbocycles. The fourth-order valence-electron chi connectivity index (χ4n) is 3.96. The van der Waals surface area contributed by atoms with Gasteiger partial charge in [0.15, 0.2) is 0 Å². The van der Waals surface area contributed by atoms with Gasteiger partial charge in [0.05, 0.1) is 0 Å². The summed E-state index contributed by atoms with van der Waals surface area (Å²) < 4.78 is 0. The monoisotopic (exact) mass is 350 g/mol. The van der Waals surface area contributed by atoms with Crippen LogP contribution in [0.5, 0.6) is 0 Å². The lowest BCUT2D eigenvalue weighted by Gasteiger charge is -2.33. The van der Waals surface area contributed by atoms with Crippen LogP contribution < -0.4 is 0 Å². The van der Waals surface area contributed by atoms with Crippen molar-refractivity contribution in [2.75, 3.05) is 13.1 Å². The second-order valence-corrected chi connectivity index (χ2v) is 7.93. The van der Waals surface area contributed by atoms with E-state index in [-0.39, 0.29) is 0 Å². The Bertz CT molecular complexity index is 313. The first kappa shape index (κ1) is 22.4. The minimum Gasteiger partial charge on any atom is -0.356 e. The van der Waals surface area contributed by atoms with Crippen LogP contribution >= 0.6 is 0 Å². The van der Waals surface area contributed by atoms with E-state index in [0.717, 1.165) is 0 Å². The lowest BCUT2D eigenvalue weighted by Crippen LogP contribution is -2.39. The Morgan fingerprint density at radius 2 is 1.00 bits per heavy atom. The predicted molar refractivity (Wildman–Crippen MR) is 113 cm³/mol. The van der Waals surface area contributed by atoms with E-state index >= 15 is 0 Å². The summed E-state index contributed by atoms with van der Waals surface area (Å²) in [5.41, 5.74) is 0. The summed E-state index contributed by atoms with van der Waals surface area (Å²) in [6.45, 7) is 9.35. The largest absolute Gasteiger partial charge is 0.356 e. The maximum Gasteiger partial charge on any atom is 0.101 e. The molecule has 148 valence electrons. The smallest absolute Gasteiger partial charge is 0.101 e. The lowest BCUT2D eigenvalue weighted by molar-refractivity contribution is 0.137. The van der Waals surface area contributed by atoms with Crippen molar-refractivity contribution < 1.29 is 0 Å². The Kier molecular flexibility index (Phi) is 14.0. The van der Waals surface area contributed by atoms with Crippen molar-refractivity contribution in [3.63, 3.8) is 0 Å². The number of unbranched alkanes of at least 4 members (excludes halogenated alkanes) is 11. The van der Waals surface area contributed by atoms with Gasteiger partial charge in [0.2, 0.25) is 0 Å². The van der Waals surface area contributed by atoms with Crippen molar-refractivity contribution >= 4 is 0 Å². The van der Waals surface area contributed by atoms with Crippen LogP contribution in [-0.2, 0) is 0 Å². The molecule has 25 heavy (non-hydrogen) atoms. The van der Waals surface area contributed by atoms with Crippen molar-refractivity contribution in [2.24, 2.45) is 0 Å². The minimum absolute atomic E-state index is 0.644. The Hall–Kier alpha value is -0.660. The molecule has 1 atom stereocenters. The summed E-state index contributed by atoms with van der Waals surface area (Å²) >= 11 is 0. The second kappa shape index (κ2) is 15.6. The van der Waals surface area contributed by atoms with Gasteiger partial charge in [0.1, 0.15) is 6.17 Å². The van der Waals surface area contributed by atoms with Gasteiger partial charge < -0.3 is 9.80 Å². The topological polar surface area (TPSA) is 6.48 Å². The third-order valence-electron chi connectivity index (χ3n) is 5.53. The fourth-order valence-corrected chi connectivity index (χ4v) is 3.96. The highest BCUT2D eigenvalue weighted by Crippen LogP contribution is 2.23. The average Bonchev–Trinajstić information content (AvgIpc) is 2.99. The molecule has 2 heteroatoms. The van der Waals surface area contributed by atoms with E-state index in [1.54, 1.807) is 0 Å². The molecule has 0 saturated heterocycles. The van der Waals surface area contributed by atoms with Crippen molar-refractivity contribution in [1.82, 2.24) is 9.80 Å². The maximum atomic E-state index is 2.61. The van der Waals surface area contributed by atoms with Gasteiger partial charge in [-0.2, -0.15) is 0 Å². The molecule has 1 heterocycles. The SMILES string of the molecule is CCCCCCCCCCCCC1N(CCC)C=CN1CCCCC. The van der Waals surface area contributed by atoms with Crippen molar-refractivity contribution in [3.8, 4) is 0 Å². The molecule has 0 spiro atoms.